The number of hydrogen-bond acceptors (Lipinski definition) is 4. The molecule has 0 spiro atoms. The van der Waals surface area contributed by atoms with Gasteiger partial charge in [-0.05, 0) is 6.20 Å². The van der Waals surface area contributed by atoms with Crippen LogP contribution in [0.5, 0.6) is 0 Å². The number of rotatable bonds is 1. The quantitative estimate of drug-likeness (QED) is 0.451. The number of nitrogens with zero attached hydrogens (tertiary/aromatic N) is 1. The first-order valence-corrected chi connectivity index (χ1v) is 3.96. The third-order valence-electron chi connectivity index (χ3n) is 2.44. The van der Waals surface area contributed by atoms with E-state index in [4.69, 9.17) is 5.11 Å². The fraction of sp³-hybridized carbons (Fsp3) is 0.750. The molecule has 0 bridgehead atoms. The summed E-state index contributed by atoms with van der Waals surface area (Å²) in [4.78, 5) is 1.60. The molecule has 1 rings (SSSR count). The van der Waals surface area contributed by atoms with Crippen LogP contribution >= 0.6 is 0 Å². The van der Waals surface area contributed by atoms with E-state index in [1.807, 2.05) is 0 Å². The summed E-state index contributed by atoms with van der Waals surface area (Å²) in [6.45, 7) is 1.43. The minimum absolute atomic E-state index is 0.266. The van der Waals surface area contributed by atoms with Gasteiger partial charge in [0.25, 0.3) is 0 Å². The summed E-state index contributed by atoms with van der Waals surface area (Å²) in [5, 5.41) is 28.1. The Morgan fingerprint density at radius 3 is 2.50 bits per heavy atom. The van der Waals surface area contributed by atoms with E-state index in [1.165, 1.54) is 0 Å². The summed E-state index contributed by atoms with van der Waals surface area (Å²) in [5.74, 6) is -2.19. The lowest BCUT2D eigenvalue weighted by Gasteiger charge is -2.42. The zero-order valence-electron chi connectivity index (χ0n) is 7.31. The highest BCUT2D eigenvalue weighted by atomic mass is 16.5. The molecule has 3 N–H and O–H groups in total. The van der Waals surface area contributed by atoms with Crippen molar-refractivity contribution in [2.45, 2.75) is 18.8 Å². The van der Waals surface area contributed by atoms with Crippen LogP contribution in [0.1, 0.15) is 6.92 Å². The van der Waals surface area contributed by atoms with Gasteiger partial charge in [-0.25, -0.2) is 0 Å². The fourth-order valence-corrected chi connectivity index (χ4v) is 1.38. The first kappa shape index (κ1) is 9.51. The van der Waals surface area contributed by atoms with E-state index >= 15 is 0 Å². The van der Waals surface area contributed by atoms with Gasteiger partial charge in [0.05, 0.1) is 6.61 Å². The summed E-state index contributed by atoms with van der Waals surface area (Å²) in [7, 11) is 1.70. The van der Waals surface area contributed by atoms with Gasteiger partial charge in [0.1, 0.15) is 6.04 Å². The van der Waals surface area contributed by atoms with E-state index < -0.39 is 11.8 Å². The van der Waals surface area contributed by atoms with Gasteiger partial charge in [-0.15, -0.1) is 0 Å². The van der Waals surface area contributed by atoms with Gasteiger partial charge in [-0.2, -0.15) is 0 Å². The number of likely N-dealkylation sites (N-methyl/N-ethyl adjacent to an activating group) is 1. The molecule has 0 aromatic rings. The van der Waals surface area contributed by atoms with Crippen LogP contribution < -0.4 is 0 Å². The summed E-state index contributed by atoms with van der Waals surface area (Å²) < 4.78 is 0. The molecule has 0 amide bonds. The molecular formula is C8H15NO3. The average Bonchev–Trinajstić information content (AvgIpc) is 1.98. The molecule has 4 heteroatoms. The van der Waals surface area contributed by atoms with Crippen LogP contribution in [-0.2, 0) is 0 Å². The minimum atomic E-state index is -1.84. The van der Waals surface area contributed by atoms with E-state index in [0.717, 1.165) is 0 Å². The Bertz CT molecular complexity index is 191. The topological polar surface area (TPSA) is 63.9 Å². The van der Waals surface area contributed by atoms with Gasteiger partial charge in [0.15, 0.2) is 5.79 Å². The highest BCUT2D eigenvalue weighted by Gasteiger charge is 2.42. The summed E-state index contributed by atoms with van der Waals surface area (Å²) in [6, 6.07) is -0.641. The Morgan fingerprint density at radius 2 is 2.08 bits per heavy atom. The summed E-state index contributed by atoms with van der Waals surface area (Å²) >= 11 is 0. The molecule has 12 heavy (non-hydrogen) atoms. The zero-order valence-corrected chi connectivity index (χ0v) is 7.31. The largest absolute Gasteiger partial charge is 0.394 e. The molecule has 2 unspecified atom stereocenters. The van der Waals surface area contributed by atoms with Crippen LogP contribution in [0.2, 0.25) is 0 Å². The van der Waals surface area contributed by atoms with Crippen molar-refractivity contribution in [2.75, 3.05) is 13.7 Å². The summed E-state index contributed by atoms with van der Waals surface area (Å²) in [6.07, 6.45) is 3.45. The van der Waals surface area contributed by atoms with E-state index in [2.05, 4.69) is 0 Å². The predicted octanol–water partition coefficient (Wildman–Crippen LogP) is -0.877. The fourth-order valence-electron chi connectivity index (χ4n) is 1.38. The molecular weight excluding hydrogens is 158 g/mol. The Balaban J connectivity index is 2.89. The third-order valence-corrected chi connectivity index (χ3v) is 2.44. The number of aliphatic hydroxyl groups is 3. The van der Waals surface area contributed by atoms with Crippen molar-refractivity contribution in [3.63, 3.8) is 0 Å². The first-order chi connectivity index (χ1) is 5.50. The molecule has 0 saturated carbocycles. The second-order valence-corrected chi connectivity index (χ2v) is 3.28. The molecule has 4 nitrogen and oxygen atoms in total. The van der Waals surface area contributed by atoms with Gasteiger partial charge in [0.2, 0.25) is 0 Å². The van der Waals surface area contributed by atoms with Gasteiger partial charge in [-0.1, -0.05) is 13.0 Å². The molecule has 1 aliphatic heterocycles. The predicted molar refractivity (Wildman–Crippen MR) is 44.1 cm³/mol. The number of aliphatic hydroxyl groups excluding tert-OH is 1. The standard InChI is InChI=1S/C8H15NO3/c1-6-3-4-9(2)7(5-10)8(6,11)12/h3-4,6-7,10-12H,5H2,1-2H3. The van der Waals surface area contributed by atoms with E-state index in [-0.39, 0.29) is 12.5 Å². The molecule has 0 fully saturated rings. The maximum absolute atomic E-state index is 9.58. The van der Waals surface area contributed by atoms with Gasteiger partial charge in [0, 0.05) is 13.0 Å². The van der Waals surface area contributed by atoms with Crippen molar-refractivity contribution in [2.24, 2.45) is 5.92 Å². The van der Waals surface area contributed by atoms with Crippen LogP contribution in [0.3, 0.4) is 0 Å². The van der Waals surface area contributed by atoms with Crippen LogP contribution in [-0.4, -0.2) is 45.7 Å². The molecule has 0 radical (unpaired) electrons. The van der Waals surface area contributed by atoms with Crippen LogP contribution in [0.4, 0.5) is 0 Å². The lowest BCUT2D eigenvalue weighted by atomic mass is 9.90. The van der Waals surface area contributed by atoms with Crippen molar-refractivity contribution in [3.8, 4) is 0 Å². The van der Waals surface area contributed by atoms with Crippen molar-refractivity contribution in [1.29, 1.82) is 0 Å². The minimum Gasteiger partial charge on any atom is -0.394 e. The van der Waals surface area contributed by atoms with Crippen LogP contribution in [0.25, 0.3) is 0 Å². The number of hydrogen-bond donors (Lipinski definition) is 3. The normalized spacial score (nSPS) is 33.9. The molecule has 2 atom stereocenters. The van der Waals surface area contributed by atoms with Crippen molar-refractivity contribution in [1.82, 2.24) is 4.90 Å². The smallest absolute Gasteiger partial charge is 0.192 e. The maximum Gasteiger partial charge on any atom is 0.192 e. The van der Waals surface area contributed by atoms with Crippen molar-refractivity contribution in [3.05, 3.63) is 12.3 Å². The Hall–Kier alpha value is -0.580. The van der Waals surface area contributed by atoms with Gasteiger partial charge < -0.3 is 20.2 Å². The maximum atomic E-state index is 9.58. The molecule has 70 valence electrons. The van der Waals surface area contributed by atoms with Gasteiger partial charge >= 0.3 is 0 Å². The molecule has 0 aromatic heterocycles. The van der Waals surface area contributed by atoms with Gasteiger partial charge in [-0.3, -0.25) is 0 Å². The second-order valence-electron chi connectivity index (χ2n) is 3.28. The lowest BCUT2D eigenvalue weighted by molar-refractivity contribution is -0.232. The van der Waals surface area contributed by atoms with E-state index in [0.29, 0.717) is 0 Å². The monoisotopic (exact) mass is 173 g/mol. The Kier molecular flexibility index (Phi) is 2.41. The average molecular weight is 173 g/mol. The molecule has 0 aromatic carbocycles. The molecule has 1 aliphatic rings. The lowest BCUT2D eigenvalue weighted by Crippen LogP contribution is -2.57. The van der Waals surface area contributed by atoms with Crippen molar-refractivity contribution >= 4 is 0 Å². The second kappa shape index (κ2) is 3.05. The van der Waals surface area contributed by atoms with E-state index in [9.17, 15) is 10.2 Å². The molecule has 1 heterocycles. The highest BCUT2D eigenvalue weighted by molar-refractivity contribution is 5.04. The first-order valence-electron chi connectivity index (χ1n) is 3.96. The molecule has 0 saturated heterocycles. The third kappa shape index (κ3) is 1.33. The van der Waals surface area contributed by atoms with Crippen LogP contribution in [0.15, 0.2) is 12.3 Å². The van der Waals surface area contributed by atoms with E-state index in [1.54, 1.807) is 31.1 Å². The highest BCUT2D eigenvalue weighted by Crippen LogP contribution is 2.27. The van der Waals surface area contributed by atoms with Crippen LogP contribution in [0, 0.1) is 5.92 Å². The Morgan fingerprint density at radius 1 is 1.50 bits per heavy atom. The SMILES string of the molecule is CC1C=CN(C)C(CO)C1(O)O. The zero-order chi connectivity index (χ0) is 9.35. The molecule has 0 aliphatic carbocycles. The Labute approximate surface area is 71.7 Å². The van der Waals surface area contributed by atoms with Crippen molar-refractivity contribution < 1.29 is 15.3 Å². The summed E-state index contributed by atoms with van der Waals surface area (Å²) in [5.41, 5.74) is 0.